The Morgan fingerprint density at radius 2 is 2.48 bits per heavy atom. The van der Waals surface area contributed by atoms with E-state index in [-0.39, 0.29) is 5.91 Å². The van der Waals surface area contributed by atoms with Crippen LogP contribution in [0.5, 0.6) is 0 Å². The Hall–Kier alpha value is -1.83. The lowest BCUT2D eigenvalue weighted by atomic mass is 9.95. The van der Waals surface area contributed by atoms with Crippen molar-refractivity contribution in [3.63, 3.8) is 0 Å². The highest BCUT2D eigenvalue weighted by Crippen LogP contribution is 2.26. The number of amides is 1. The molecule has 1 aliphatic heterocycles. The van der Waals surface area contributed by atoms with Gasteiger partial charge >= 0.3 is 0 Å². The molecule has 21 heavy (non-hydrogen) atoms. The summed E-state index contributed by atoms with van der Waals surface area (Å²) in [6.07, 6.45) is 5.54. The standard InChI is InChI=1S/C13H18N6OS/c1-18-9-15-17-13(18)21-8-12(20)19-6-2-3-10(7-19)11-4-5-14-16-11/h4-5,9-10H,2-3,6-8H2,1H3,(H,14,16)/t10-/m0/s1. The zero-order valence-electron chi connectivity index (χ0n) is 11.9. The molecule has 3 rings (SSSR count). The zero-order valence-corrected chi connectivity index (χ0v) is 12.7. The van der Waals surface area contributed by atoms with Crippen LogP contribution in [0.2, 0.25) is 0 Å². The summed E-state index contributed by atoms with van der Waals surface area (Å²) in [4.78, 5) is 14.3. The number of likely N-dealkylation sites (tertiary alicyclic amines) is 1. The first kappa shape index (κ1) is 14.1. The van der Waals surface area contributed by atoms with Crippen molar-refractivity contribution in [2.45, 2.75) is 23.9 Å². The first-order chi connectivity index (χ1) is 10.2. The molecule has 0 aliphatic carbocycles. The van der Waals surface area contributed by atoms with E-state index in [1.165, 1.54) is 11.8 Å². The molecule has 1 aliphatic rings. The van der Waals surface area contributed by atoms with Gasteiger partial charge in [0.15, 0.2) is 5.16 Å². The third-order valence-corrected chi connectivity index (χ3v) is 4.75. The molecular weight excluding hydrogens is 288 g/mol. The second kappa shape index (κ2) is 6.30. The van der Waals surface area contributed by atoms with Gasteiger partial charge in [0.25, 0.3) is 0 Å². The molecule has 112 valence electrons. The molecule has 1 saturated heterocycles. The number of thioether (sulfide) groups is 1. The van der Waals surface area contributed by atoms with E-state index in [0.29, 0.717) is 11.7 Å². The van der Waals surface area contributed by atoms with Crippen molar-refractivity contribution in [1.82, 2.24) is 29.9 Å². The largest absolute Gasteiger partial charge is 0.341 e. The lowest BCUT2D eigenvalue weighted by molar-refractivity contribution is -0.129. The monoisotopic (exact) mass is 306 g/mol. The fourth-order valence-electron chi connectivity index (χ4n) is 2.57. The average Bonchev–Trinajstić information content (AvgIpc) is 3.16. The molecule has 0 saturated carbocycles. The van der Waals surface area contributed by atoms with Gasteiger partial charge < -0.3 is 9.47 Å². The number of carbonyl (C=O) groups excluding carboxylic acids is 1. The molecule has 0 aromatic carbocycles. The number of nitrogens with zero attached hydrogens (tertiary/aromatic N) is 5. The number of piperidine rings is 1. The highest BCUT2D eigenvalue weighted by Gasteiger charge is 2.25. The molecule has 0 spiro atoms. The lowest BCUT2D eigenvalue weighted by Gasteiger charge is -2.32. The van der Waals surface area contributed by atoms with E-state index in [1.807, 2.05) is 22.6 Å². The molecule has 1 N–H and O–H groups in total. The number of hydrogen-bond donors (Lipinski definition) is 1. The van der Waals surface area contributed by atoms with Crippen molar-refractivity contribution in [3.05, 3.63) is 24.3 Å². The summed E-state index contributed by atoms with van der Waals surface area (Å²) >= 11 is 1.43. The third-order valence-electron chi connectivity index (χ3n) is 3.73. The Morgan fingerprint density at radius 1 is 1.57 bits per heavy atom. The molecule has 1 amide bonds. The fraction of sp³-hybridized carbons (Fsp3) is 0.538. The van der Waals surface area contributed by atoms with E-state index < -0.39 is 0 Å². The molecule has 8 heteroatoms. The van der Waals surface area contributed by atoms with Crippen molar-refractivity contribution >= 4 is 17.7 Å². The van der Waals surface area contributed by atoms with Gasteiger partial charge in [0.2, 0.25) is 5.91 Å². The summed E-state index contributed by atoms with van der Waals surface area (Å²) in [5, 5.41) is 15.6. The molecule has 2 aromatic heterocycles. The predicted octanol–water partition coefficient (Wildman–Crippen LogP) is 1.04. The van der Waals surface area contributed by atoms with Gasteiger partial charge in [-0.3, -0.25) is 9.89 Å². The number of aryl methyl sites for hydroxylation is 1. The fourth-order valence-corrected chi connectivity index (χ4v) is 3.36. The van der Waals surface area contributed by atoms with E-state index in [0.717, 1.165) is 36.8 Å². The normalized spacial score (nSPS) is 18.9. The Morgan fingerprint density at radius 3 is 3.19 bits per heavy atom. The minimum Gasteiger partial charge on any atom is -0.341 e. The topological polar surface area (TPSA) is 79.7 Å². The van der Waals surface area contributed by atoms with E-state index in [9.17, 15) is 4.79 Å². The maximum Gasteiger partial charge on any atom is 0.233 e. The third kappa shape index (κ3) is 3.26. The van der Waals surface area contributed by atoms with Crippen LogP contribution in [0, 0.1) is 0 Å². The highest BCUT2D eigenvalue weighted by atomic mass is 32.2. The van der Waals surface area contributed by atoms with Crippen LogP contribution in [0.15, 0.2) is 23.7 Å². The second-order valence-corrected chi connectivity index (χ2v) is 6.15. The van der Waals surface area contributed by atoms with Gasteiger partial charge in [-0.25, -0.2) is 0 Å². The van der Waals surface area contributed by atoms with Crippen LogP contribution in [-0.2, 0) is 11.8 Å². The van der Waals surface area contributed by atoms with Crippen LogP contribution in [-0.4, -0.2) is 54.6 Å². The van der Waals surface area contributed by atoms with Gasteiger partial charge in [-0.15, -0.1) is 10.2 Å². The number of hydrogen-bond acceptors (Lipinski definition) is 5. The van der Waals surface area contributed by atoms with Gasteiger partial charge in [-0.05, 0) is 18.9 Å². The van der Waals surface area contributed by atoms with Crippen LogP contribution >= 0.6 is 11.8 Å². The SMILES string of the molecule is Cn1cnnc1SCC(=O)N1CCC[C@H](c2ccn[nH]2)C1. The molecule has 0 bridgehead atoms. The highest BCUT2D eigenvalue weighted by molar-refractivity contribution is 7.99. The Balaban J connectivity index is 1.56. The van der Waals surface area contributed by atoms with Gasteiger partial charge in [0.1, 0.15) is 6.33 Å². The summed E-state index contributed by atoms with van der Waals surface area (Å²) in [6, 6.07) is 1.99. The summed E-state index contributed by atoms with van der Waals surface area (Å²) in [7, 11) is 1.88. The van der Waals surface area contributed by atoms with E-state index in [1.54, 1.807) is 12.5 Å². The first-order valence-electron chi connectivity index (χ1n) is 6.98. The molecule has 1 atom stereocenters. The average molecular weight is 306 g/mol. The molecule has 0 radical (unpaired) electrons. The van der Waals surface area contributed by atoms with Gasteiger partial charge in [-0.2, -0.15) is 5.10 Å². The molecule has 1 fully saturated rings. The number of H-pyrrole nitrogens is 1. The Labute approximate surface area is 127 Å². The van der Waals surface area contributed by atoms with Crippen molar-refractivity contribution in [2.24, 2.45) is 7.05 Å². The maximum atomic E-state index is 12.3. The first-order valence-corrected chi connectivity index (χ1v) is 7.96. The van der Waals surface area contributed by atoms with E-state index in [2.05, 4.69) is 20.4 Å². The number of nitrogens with one attached hydrogen (secondary N) is 1. The van der Waals surface area contributed by atoms with Gasteiger partial charge in [-0.1, -0.05) is 11.8 Å². The van der Waals surface area contributed by atoms with E-state index in [4.69, 9.17) is 0 Å². The minimum absolute atomic E-state index is 0.159. The predicted molar refractivity (Wildman–Crippen MR) is 78.9 cm³/mol. The van der Waals surface area contributed by atoms with Crippen molar-refractivity contribution in [1.29, 1.82) is 0 Å². The summed E-state index contributed by atoms with van der Waals surface area (Å²) in [5.41, 5.74) is 1.12. The molecule has 3 heterocycles. The number of rotatable bonds is 4. The molecule has 2 aromatic rings. The van der Waals surface area contributed by atoms with Crippen LogP contribution < -0.4 is 0 Å². The number of carbonyl (C=O) groups is 1. The van der Waals surface area contributed by atoms with Crippen LogP contribution in [0.3, 0.4) is 0 Å². The molecule has 0 unspecified atom stereocenters. The van der Waals surface area contributed by atoms with Crippen molar-refractivity contribution in [3.8, 4) is 0 Å². The van der Waals surface area contributed by atoms with Gasteiger partial charge in [0.05, 0.1) is 5.75 Å². The lowest BCUT2D eigenvalue weighted by Crippen LogP contribution is -2.40. The molecular formula is C13H18N6OS. The zero-order chi connectivity index (χ0) is 14.7. The maximum absolute atomic E-state index is 12.3. The van der Waals surface area contributed by atoms with Crippen molar-refractivity contribution < 1.29 is 4.79 Å². The van der Waals surface area contributed by atoms with E-state index >= 15 is 0 Å². The summed E-state index contributed by atoms with van der Waals surface area (Å²) in [5.74, 6) is 0.930. The van der Waals surface area contributed by atoms with Gasteiger partial charge in [0, 0.05) is 37.9 Å². The minimum atomic E-state index is 0.159. The second-order valence-electron chi connectivity index (χ2n) is 5.20. The smallest absolute Gasteiger partial charge is 0.233 e. The summed E-state index contributed by atoms with van der Waals surface area (Å²) in [6.45, 7) is 1.60. The quantitative estimate of drug-likeness (QED) is 0.854. The van der Waals surface area contributed by atoms with Crippen LogP contribution in [0.25, 0.3) is 0 Å². The number of aromatic amines is 1. The number of aromatic nitrogens is 5. The Bertz CT molecular complexity index is 596. The van der Waals surface area contributed by atoms with Crippen LogP contribution in [0.1, 0.15) is 24.5 Å². The van der Waals surface area contributed by atoms with Crippen molar-refractivity contribution in [2.75, 3.05) is 18.8 Å². The summed E-state index contributed by atoms with van der Waals surface area (Å²) < 4.78 is 1.82. The Kier molecular flexibility index (Phi) is 4.23. The van der Waals surface area contributed by atoms with Crippen LogP contribution in [0.4, 0.5) is 0 Å². The molecule has 7 nitrogen and oxygen atoms in total.